The van der Waals surface area contributed by atoms with Gasteiger partial charge in [0, 0.05) is 28.4 Å². The van der Waals surface area contributed by atoms with Gasteiger partial charge < -0.3 is 36.0 Å². The zero-order valence-corrected chi connectivity index (χ0v) is 24.9. The molecule has 0 spiro atoms. The van der Waals surface area contributed by atoms with Crippen LogP contribution in [0.4, 0.5) is 10.5 Å². The van der Waals surface area contributed by atoms with E-state index in [1.165, 1.54) is 4.90 Å². The fraction of sp³-hybridized carbons (Fsp3) is 0.303. The van der Waals surface area contributed by atoms with Crippen LogP contribution >= 0.6 is 0 Å². The van der Waals surface area contributed by atoms with Crippen LogP contribution in [0, 0.1) is 5.92 Å². The van der Waals surface area contributed by atoms with Crippen molar-refractivity contribution in [1.82, 2.24) is 20.5 Å². The first-order chi connectivity index (χ1) is 21.5. The van der Waals surface area contributed by atoms with Gasteiger partial charge in [0.1, 0.15) is 18.1 Å². The number of urea groups is 1. The topological polar surface area (TPSA) is 181 Å². The molecule has 5 rings (SSSR count). The number of hydrogen-bond acceptors (Lipinski definition) is 5. The maximum Gasteiger partial charge on any atom is 0.326 e. The Kier molecular flexibility index (Phi) is 9.03. The molecule has 1 aliphatic heterocycles. The lowest BCUT2D eigenvalue weighted by Gasteiger charge is -2.36. The predicted octanol–water partition coefficient (Wildman–Crippen LogP) is 3.85. The summed E-state index contributed by atoms with van der Waals surface area (Å²) >= 11 is 0. The Balaban J connectivity index is 1.45. The second-order valence-corrected chi connectivity index (χ2v) is 11.6. The lowest BCUT2D eigenvalue weighted by molar-refractivity contribution is -0.147. The van der Waals surface area contributed by atoms with Crippen molar-refractivity contribution >= 4 is 57.1 Å². The maximum absolute atomic E-state index is 14.0. The van der Waals surface area contributed by atoms with Gasteiger partial charge in [-0.3, -0.25) is 14.4 Å². The van der Waals surface area contributed by atoms with E-state index < -0.39 is 54.3 Å². The van der Waals surface area contributed by atoms with E-state index in [0.29, 0.717) is 5.69 Å². The second-order valence-electron chi connectivity index (χ2n) is 11.6. The molecule has 0 unspecified atom stereocenters. The van der Waals surface area contributed by atoms with Gasteiger partial charge in [-0.2, -0.15) is 0 Å². The van der Waals surface area contributed by atoms with Crippen molar-refractivity contribution in [2.45, 2.75) is 57.8 Å². The molecule has 1 aliphatic rings. The number of aromatic amines is 1. The molecule has 12 heteroatoms. The third kappa shape index (κ3) is 6.90. The molecule has 4 aromatic rings. The molecule has 45 heavy (non-hydrogen) atoms. The molecule has 0 fully saturated rings. The first-order valence-corrected chi connectivity index (χ1v) is 14.7. The molecule has 0 radical (unpaired) electrons. The highest BCUT2D eigenvalue weighted by molar-refractivity contribution is 6.03. The largest absolute Gasteiger partial charge is 0.481 e. The molecule has 0 saturated heterocycles. The van der Waals surface area contributed by atoms with E-state index in [9.17, 15) is 29.1 Å². The highest BCUT2D eigenvalue weighted by atomic mass is 16.4. The fourth-order valence-electron chi connectivity index (χ4n) is 5.79. The van der Waals surface area contributed by atoms with Crippen LogP contribution in [-0.2, 0) is 32.1 Å². The number of para-hydroxylation sites is 1. The molecule has 4 amide bonds. The van der Waals surface area contributed by atoms with Crippen molar-refractivity contribution in [1.29, 1.82) is 0 Å². The fourth-order valence-corrected chi connectivity index (χ4v) is 5.79. The number of H-pyrrole nitrogens is 1. The first kappa shape index (κ1) is 31.0. The molecular weight excluding hydrogens is 578 g/mol. The minimum Gasteiger partial charge on any atom is -0.481 e. The molecule has 3 aromatic carbocycles. The van der Waals surface area contributed by atoms with E-state index in [1.807, 2.05) is 74.5 Å². The van der Waals surface area contributed by atoms with Crippen LogP contribution < -0.4 is 16.0 Å². The van der Waals surface area contributed by atoms with Crippen LogP contribution in [0.3, 0.4) is 0 Å². The minimum atomic E-state index is -1.67. The first-order valence-electron chi connectivity index (χ1n) is 14.7. The number of fused-ring (bicyclic) bond motifs is 4. The average Bonchev–Trinajstić information content (AvgIpc) is 3.37. The predicted molar refractivity (Wildman–Crippen MR) is 168 cm³/mol. The number of carbonyl (C=O) groups excluding carboxylic acids is 3. The lowest BCUT2D eigenvalue weighted by atomic mass is 9.95. The van der Waals surface area contributed by atoms with Gasteiger partial charge in [0.2, 0.25) is 11.8 Å². The van der Waals surface area contributed by atoms with Crippen LogP contribution in [-0.4, -0.2) is 68.0 Å². The van der Waals surface area contributed by atoms with Gasteiger partial charge in [0.25, 0.3) is 0 Å². The molecule has 0 aliphatic carbocycles. The number of aliphatic carboxylic acids is 2. The maximum atomic E-state index is 14.0. The third-order valence-corrected chi connectivity index (χ3v) is 7.93. The number of aromatic nitrogens is 1. The number of nitrogens with zero attached hydrogens (tertiary/aromatic N) is 1. The Morgan fingerprint density at radius 1 is 0.889 bits per heavy atom. The van der Waals surface area contributed by atoms with E-state index in [1.54, 1.807) is 6.07 Å². The van der Waals surface area contributed by atoms with Gasteiger partial charge in [-0.25, -0.2) is 9.59 Å². The van der Waals surface area contributed by atoms with Crippen LogP contribution in [0.25, 0.3) is 21.7 Å². The standard InChI is InChI=1S/C33H35N5O7/c1-18(2)14-25(30(41)36-26(32(43)44)16-29(39)40)35-31(42)28-15-22-21-11-5-6-12-24(21)34-27(22)17-38(28)33(45)37-23-13-7-9-19-8-3-4-10-20(19)23/h3-13,18,25-26,28,34H,14-17H2,1-2H3,(H,35,42)(H,36,41)(H,37,45)(H,39,40)(H,43,44)/t25-,26-,28+/m0/s1. The summed E-state index contributed by atoms with van der Waals surface area (Å²) in [5.74, 6) is -4.39. The van der Waals surface area contributed by atoms with Crippen molar-refractivity contribution in [3.05, 3.63) is 78.0 Å². The van der Waals surface area contributed by atoms with Crippen molar-refractivity contribution in [2.24, 2.45) is 5.92 Å². The molecule has 12 nitrogen and oxygen atoms in total. The van der Waals surface area contributed by atoms with Gasteiger partial charge >= 0.3 is 18.0 Å². The summed E-state index contributed by atoms with van der Waals surface area (Å²) in [6.45, 7) is 3.77. The second kappa shape index (κ2) is 13.1. The molecule has 0 saturated carbocycles. The lowest BCUT2D eigenvalue weighted by Crippen LogP contribution is -2.58. The Labute approximate surface area is 258 Å². The average molecular weight is 614 g/mol. The Morgan fingerprint density at radius 3 is 2.29 bits per heavy atom. The van der Waals surface area contributed by atoms with E-state index >= 15 is 0 Å². The third-order valence-electron chi connectivity index (χ3n) is 7.93. The molecule has 234 valence electrons. The molecular formula is C33H35N5O7. The van der Waals surface area contributed by atoms with Gasteiger partial charge in [-0.05, 0) is 35.4 Å². The number of amides is 4. The van der Waals surface area contributed by atoms with Gasteiger partial charge in [-0.1, -0.05) is 68.4 Å². The number of hydrogen-bond donors (Lipinski definition) is 6. The van der Waals surface area contributed by atoms with E-state index in [0.717, 1.165) is 32.9 Å². The summed E-state index contributed by atoms with van der Waals surface area (Å²) in [5, 5.41) is 29.2. The number of carboxylic acid groups (broad SMARTS) is 2. The minimum absolute atomic E-state index is 0.0823. The summed E-state index contributed by atoms with van der Waals surface area (Å²) < 4.78 is 0. The highest BCUT2D eigenvalue weighted by Gasteiger charge is 2.38. The number of rotatable bonds is 10. The monoisotopic (exact) mass is 613 g/mol. The summed E-state index contributed by atoms with van der Waals surface area (Å²) in [5.41, 5.74) is 3.13. The van der Waals surface area contributed by atoms with Crippen molar-refractivity contribution in [2.75, 3.05) is 5.32 Å². The number of carbonyl (C=O) groups is 5. The molecule has 6 N–H and O–H groups in total. The number of anilines is 1. The summed E-state index contributed by atoms with van der Waals surface area (Å²) in [7, 11) is 0. The summed E-state index contributed by atoms with van der Waals surface area (Å²) in [4.78, 5) is 68.7. The molecule has 2 heterocycles. The summed E-state index contributed by atoms with van der Waals surface area (Å²) in [6.07, 6.45) is -0.497. The highest BCUT2D eigenvalue weighted by Crippen LogP contribution is 2.32. The Bertz CT molecular complexity index is 1780. The van der Waals surface area contributed by atoms with Crippen molar-refractivity contribution < 1.29 is 34.2 Å². The van der Waals surface area contributed by atoms with Crippen molar-refractivity contribution in [3.8, 4) is 0 Å². The van der Waals surface area contributed by atoms with Crippen LogP contribution in [0.2, 0.25) is 0 Å². The van der Waals surface area contributed by atoms with Crippen LogP contribution in [0.15, 0.2) is 66.7 Å². The molecule has 3 atom stereocenters. The van der Waals surface area contributed by atoms with E-state index in [2.05, 4.69) is 20.9 Å². The van der Waals surface area contributed by atoms with Gasteiger partial charge in [0.15, 0.2) is 0 Å². The Morgan fingerprint density at radius 2 is 1.58 bits per heavy atom. The quantitative estimate of drug-likeness (QED) is 0.157. The van der Waals surface area contributed by atoms with Crippen LogP contribution in [0.5, 0.6) is 0 Å². The smallest absolute Gasteiger partial charge is 0.326 e. The van der Waals surface area contributed by atoms with Gasteiger partial charge in [-0.15, -0.1) is 0 Å². The molecule has 0 bridgehead atoms. The normalized spacial score (nSPS) is 15.7. The number of benzene rings is 3. The van der Waals surface area contributed by atoms with Crippen LogP contribution in [0.1, 0.15) is 37.9 Å². The zero-order chi connectivity index (χ0) is 32.2. The summed E-state index contributed by atoms with van der Waals surface area (Å²) in [6, 6.07) is 16.4. The molecule has 1 aromatic heterocycles. The number of carboxylic acids is 2. The SMILES string of the molecule is CC(C)C[C@H](NC(=O)[C@H]1Cc2c([nH]c3ccccc23)CN1C(=O)Nc1cccc2ccccc12)C(=O)N[C@@H](CC(=O)O)C(=O)O. The number of nitrogens with one attached hydrogen (secondary N) is 4. The Hall–Kier alpha value is -5.39. The van der Waals surface area contributed by atoms with E-state index in [4.69, 9.17) is 5.11 Å². The van der Waals surface area contributed by atoms with Crippen molar-refractivity contribution in [3.63, 3.8) is 0 Å². The van der Waals surface area contributed by atoms with E-state index in [-0.39, 0.29) is 25.3 Å². The van der Waals surface area contributed by atoms with Gasteiger partial charge in [0.05, 0.1) is 18.7 Å². The zero-order valence-electron chi connectivity index (χ0n) is 24.9.